The van der Waals surface area contributed by atoms with Crippen LogP contribution in [0.25, 0.3) is 0 Å². The maximum atomic E-state index is 4.99. The summed E-state index contributed by atoms with van der Waals surface area (Å²) in [6.07, 6.45) is 5.59. The molecule has 0 atom stereocenters. The molecular formula is C8H14O2. The number of rotatable bonds is 3. The normalized spacial score (nSPS) is 11.0. The Bertz CT molecular complexity index is 116. The molecule has 0 aromatic rings. The number of terminal acetylenes is 1. The van der Waals surface area contributed by atoms with Gasteiger partial charge in [0.1, 0.15) is 0 Å². The number of hydrogen-bond acceptors (Lipinski definition) is 2. The lowest BCUT2D eigenvalue weighted by Crippen LogP contribution is -2.19. The third kappa shape index (κ3) is 7.48. The highest BCUT2D eigenvalue weighted by Crippen LogP contribution is 2.06. The molecule has 58 valence electrons. The summed E-state index contributed by atoms with van der Waals surface area (Å²) in [4.78, 5) is 9.73. The SMILES string of the molecule is C#CCCOOC(C)(C)C. The molecule has 0 aliphatic carbocycles. The van der Waals surface area contributed by atoms with Crippen molar-refractivity contribution >= 4 is 0 Å². The van der Waals surface area contributed by atoms with E-state index in [2.05, 4.69) is 5.92 Å². The summed E-state index contributed by atoms with van der Waals surface area (Å²) in [7, 11) is 0. The minimum absolute atomic E-state index is 0.241. The summed E-state index contributed by atoms with van der Waals surface area (Å²) in [5.41, 5.74) is -0.241. The zero-order valence-corrected chi connectivity index (χ0v) is 6.81. The fourth-order valence-corrected chi connectivity index (χ4v) is 0.319. The van der Waals surface area contributed by atoms with Crippen LogP contribution < -0.4 is 0 Å². The van der Waals surface area contributed by atoms with Crippen LogP contribution in [-0.2, 0) is 9.78 Å². The standard InChI is InChI=1S/C8H14O2/c1-5-6-7-9-10-8(2,3)4/h1H,6-7H2,2-4H3. The van der Waals surface area contributed by atoms with Gasteiger partial charge >= 0.3 is 0 Å². The zero-order valence-electron chi connectivity index (χ0n) is 6.81. The molecular weight excluding hydrogens is 128 g/mol. The second-order valence-electron chi connectivity index (χ2n) is 2.97. The Hall–Kier alpha value is -0.520. The molecule has 0 aliphatic rings. The van der Waals surface area contributed by atoms with E-state index in [1.54, 1.807) is 0 Å². The second kappa shape index (κ2) is 4.32. The van der Waals surface area contributed by atoms with Crippen molar-refractivity contribution in [2.75, 3.05) is 6.61 Å². The smallest absolute Gasteiger partial charge is 0.0952 e. The van der Waals surface area contributed by atoms with E-state index < -0.39 is 0 Å². The van der Waals surface area contributed by atoms with Crippen molar-refractivity contribution in [3.05, 3.63) is 0 Å². The van der Waals surface area contributed by atoms with Gasteiger partial charge in [0.2, 0.25) is 0 Å². The van der Waals surface area contributed by atoms with Crippen LogP contribution in [0, 0.1) is 12.3 Å². The van der Waals surface area contributed by atoms with Crippen LogP contribution in [0.4, 0.5) is 0 Å². The van der Waals surface area contributed by atoms with E-state index in [1.807, 2.05) is 20.8 Å². The van der Waals surface area contributed by atoms with Crippen LogP contribution in [0.5, 0.6) is 0 Å². The third-order valence-electron chi connectivity index (χ3n) is 0.639. The monoisotopic (exact) mass is 142 g/mol. The molecule has 0 aromatic heterocycles. The first-order valence-electron chi connectivity index (χ1n) is 3.30. The molecule has 2 heteroatoms. The van der Waals surface area contributed by atoms with E-state index in [9.17, 15) is 0 Å². The van der Waals surface area contributed by atoms with Gasteiger partial charge in [-0.25, -0.2) is 9.78 Å². The van der Waals surface area contributed by atoms with Gasteiger partial charge in [0.05, 0.1) is 12.2 Å². The number of hydrogen-bond donors (Lipinski definition) is 0. The molecule has 0 fully saturated rings. The second-order valence-corrected chi connectivity index (χ2v) is 2.97. The van der Waals surface area contributed by atoms with Crippen LogP contribution in [0.2, 0.25) is 0 Å². The van der Waals surface area contributed by atoms with Gasteiger partial charge in [-0.1, -0.05) is 0 Å². The van der Waals surface area contributed by atoms with Crippen molar-refractivity contribution in [3.63, 3.8) is 0 Å². The molecule has 0 amide bonds. The van der Waals surface area contributed by atoms with E-state index in [-0.39, 0.29) is 5.60 Å². The van der Waals surface area contributed by atoms with Gasteiger partial charge in [-0.3, -0.25) is 0 Å². The molecule has 0 rings (SSSR count). The predicted octanol–water partition coefficient (Wildman–Crippen LogP) is 1.76. The topological polar surface area (TPSA) is 18.5 Å². The van der Waals surface area contributed by atoms with E-state index >= 15 is 0 Å². The molecule has 0 bridgehead atoms. The maximum Gasteiger partial charge on any atom is 0.0952 e. The van der Waals surface area contributed by atoms with Gasteiger partial charge in [-0.05, 0) is 20.8 Å². The molecule has 0 aromatic carbocycles. The molecule has 0 N–H and O–H groups in total. The molecule has 0 unspecified atom stereocenters. The van der Waals surface area contributed by atoms with Crippen LogP contribution >= 0.6 is 0 Å². The van der Waals surface area contributed by atoms with E-state index in [0.717, 1.165) is 0 Å². The van der Waals surface area contributed by atoms with Crippen LogP contribution in [0.3, 0.4) is 0 Å². The largest absolute Gasteiger partial charge is 0.235 e. The van der Waals surface area contributed by atoms with Crippen molar-refractivity contribution in [1.29, 1.82) is 0 Å². The average molecular weight is 142 g/mol. The quantitative estimate of drug-likeness (QED) is 0.259. The molecule has 0 aliphatic heterocycles. The Morgan fingerprint density at radius 1 is 1.40 bits per heavy atom. The Kier molecular flexibility index (Phi) is 4.10. The first-order valence-corrected chi connectivity index (χ1v) is 3.30. The van der Waals surface area contributed by atoms with Crippen LogP contribution in [-0.4, -0.2) is 12.2 Å². The summed E-state index contributed by atoms with van der Waals surface area (Å²) in [5.74, 6) is 2.45. The molecule has 2 nitrogen and oxygen atoms in total. The molecule has 10 heavy (non-hydrogen) atoms. The van der Waals surface area contributed by atoms with Gasteiger partial charge in [0.25, 0.3) is 0 Å². The third-order valence-corrected chi connectivity index (χ3v) is 0.639. The van der Waals surface area contributed by atoms with Crippen LogP contribution in [0.1, 0.15) is 27.2 Å². The summed E-state index contributed by atoms with van der Waals surface area (Å²) < 4.78 is 0. The van der Waals surface area contributed by atoms with Crippen molar-refractivity contribution in [2.45, 2.75) is 32.8 Å². The highest BCUT2D eigenvalue weighted by molar-refractivity contribution is 4.82. The average Bonchev–Trinajstić information content (AvgIpc) is 1.78. The fraction of sp³-hybridized carbons (Fsp3) is 0.750. The first kappa shape index (κ1) is 9.48. The maximum absolute atomic E-state index is 4.99. The molecule has 0 saturated heterocycles. The van der Waals surface area contributed by atoms with E-state index in [0.29, 0.717) is 13.0 Å². The summed E-state index contributed by atoms with van der Waals surface area (Å²) >= 11 is 0. The van der Waals surface area contributed by atoms with Gasteiger partial charge in [0.15, 0.2) is 0 Å². The first-order chi connectivity index (χ1) is 4.56. The lowest BCUT2D eigenvalue weighted by Gasteiger charge is -2.16. The van der Waals surface area contributed by atoms with E-state index in [4.69, 9.17) is 16.2 Å². The fourth-order valence-electron chi connectivity index (χ4n) is 0.319. The summed E-state index contributed by atoms with van der Waals surface area (Å²) in [5, 5.41) is 0. The lowest BCUT2D eigenvalue weighted by molar-refractivity contribution is -0.347. The van der Waals surface area contributed by atoms with Gasteiger partial charge in [0, 0.05) is 6.42 Å². The van der Waals surface area contributed by atoms with Gasteiger partial charge < -0.3 is 0 Å². The van der Waals surface area contributed by atoms with Crippen molar-refractivity contribution in [3.8, 4) is 12.3 Å². The molecule has 0 radical (unpaired) electrons. The van der Waals surface area contributed by atoms with E-state index in [1.165, 1.54) is 0 Å². The molecule has 0 saturated carbocycles. The minimum Gasteiger partial charge on any atom is -0.235 e. The Balaban J connectivity index is 3.14. The minimum atomic E-state index is -0.241. The summed E-state index contributed by atoms with van der Waals surface area (Å²) in [6, 6.07) is 0. The van der Waals surface area contributed by atoms with Gasteiger partial charge in [-0.2, -0.15) is 0 Å². The highest BCUT2D eigenvalue weighted by Gasteiger charge is 2.10. The van der Waals surface area contributed by atoms with Crippen molar-refractivity contribution < 1.29 is 9.78 Å². The Morgan fingerprint density at radius 3 is 2.40 bits per heavy atom. The van der Waals surface area contributed by atoms with Crippen molar-refractivity contribution in [2.24, 2.45) is 0 Å². The van der Waals surface area contributed by atoms with Gasteiger partial charge in [-0.15, -0.1) is 12.3 Å². The molecule has 0 spiro atoms. The zero-order chi connectivity index (χ0) is 8.04. The predicted molar refractivity (Wildman–Crippen MR) is 40.2 cm³/mol. The van der Waals surface area contributed by atoms with Crippen LogP contribution in [0.15, 0.2) is 0 Å². The Morgan fingerprint density at radius 2 is 2.00 bits per heavy atom. The Labute approximate surface area is 62.4 Å². The lowest BCUT2D eigenvalue weighted by atomic mass is 10.2. The highest BCUT2D eigenvalue weighted by atomic mass is 17.2. The molecule has 0 heterocycles. The van der Waals surface area contributed by atoms with Crippen molar-refractivity contribution in [1.82, 2.24) is 0 Å². The summed E-state index contributed by atoms with van der Waals surface area (Å²) in [6.45, 7) is 6.22.